The molecule has 0 saturated carbocycles. The predicted molar refractivity (Wildman–Crippen MR) is 69.7 cm³/mol. The maximum atomic E-state index is 11.9. The zero-order valence-corrected chi connectivity index (χ0v) is 12.2. The van der Waals surface area contributed by atoms with Gasteiger partial charge >= 0.3 is 11.9 Å². The molecule has 0 spiro atoms. The molecule has 1 saturated heterocycles. The molecular formula is C14H18O7. The molecule has 1 fully saturated rings. The molecule has 2 aliphatic heterocycles. The van der Waals surface area contributed by atoms with Crippen molar-refractivity contribution in [1.29, 1.82) is 0 Å². The van der Waals surface area contributed by atoms with E-state index in [2.05, 4.69) is 6.58 Å². The molecule has 21 heavy (non-hydrogen) atoms. The van der Waals surface area contributed by atoms with Crippen molar-refractivity contribution in [2.24, 2.45) is 0 Å². The van der Waals surface area contributed by atoms with Gasteiger partial charge in [-0.2, -0.15) is 0 Å². The highest BCUT2D eigenvalue weighted by Gasteiger charge is 2.48. The molecule has 2 rings (SSSR count). The highest BCUT2D eigenvalue weighted by molar-refractivity contribution is 5.92. The van der Waals surface area contributed by atoms with Crippen molar-refractivity contribution in [3.05, 3.63) is 24.2 Å². The summed E-state index contributed by atoms with van der Waals surface area (Å²) < 4.78 is 26.6. The number of cyclic esters (lactones) is 1. The van der Waals surface area contributed by atoms with Crippen LogP contribution in [0.25, 0.3) is 0 Å². The minimum Gasteiger partial charge on any atom is -0.486 e. The Morgan fingerprint density at radius 2 is 2.24 bits per heavy atom. The summed E-state index contributed by atoms with van der Waals surface area (Å²) in [5, 5.41) is 0. The van der Waals surface area contributed by atoms with Gasteiger partial charge in [-0.05, 0) is 13.8 Å². The topological polar surface area (TPSA) is 80.3 Å². The third-order valence-corrected chi connectivity index (χ3v) is 2.87. The summed E-state index contributed by atoms with van der Waals surface area (Å²) in [4.78, 5) is 23.0. The van der Waals surface area contributed by atoms with E-state index in [0.717, 1.165) is 0 Å². The van der Waals surface area contributed by atoms with Gasteiger partial charge in [0.2, 0.25) is 0 Å². The monoisotopic (exact) mass is 298 g/mol. The Kier molecular flexibility index (Phi) is 4.34. The molecule has 2 heterocycles. The Labute approximate surface area is 122 Å². The van der Waals surface area contributed by atoms with Crippen LogP contribution in [0.4, 0.5) is 0 Å². The number of rotatable bonds is 5. The van der Waals surface area contributed by atoms with E-state index < -0.39 is 29.9 Å². The molecule has 7 nitrogen and oxygen atoms in total. The third kappa shape index (κ3) is 3.43. The van der Waals surface area contributed by atoms with Gasteiger partial charge in [0.25, 0.3) is 5.76 Å². The molecule has 0 N–H and O–H groups in total. The fourth-order valence-electron chi connectivity index (χ4n) is 2.09. The van der Waals surface area contributed by atoms with Gasteiger partial charge in [-0.15, -0.1) is 0 Å². The average Bonchev–Trinajstić information content (AvgIpc) is 2.88. The summed E-state index contributed by atoms with van der Waals surface area (Å²) in [7, 11) is 0. The quantitative estimate of drug-likeness (QED) is 0.554. The first-order valence-electron chi connectivity index (χ1n) is 6.53. The minimum atomic E-state index is -0.812. The van der Waals surface area contributed by atoms with Crippen LogP contribution in [0.15, 0.2) is 24.2 Å². The lowest BCUT2D eigenvalue weighted by atomic mass is 10.2. The molecule has 0 amide bonds. The summed E-state index contributed by atoms with van der Waals surface area (Å²) in [6.45, 7) is 8.61. The lowest BCUT2D eigenvalue weighted by Gasteiger charge is -2.21. The summed E-state index contributed by atoms with van der Waals surface area (Å²) in [6, 6.07) is 0. The van der Waals surface area contributed by atoms with E-state index in [0.29, 0.717) is 0 Å². The number of carbonyl (C=O) groups is 2. The van der Waals surface area contributed by atoms with E-state index in [1.54, 1.807) is 13.8 Å². The maximum absolute atomic E-state index is 11.9. The van der Waals surface area contributed by atoms with Crippen molar-refractivity contribution < 1.29 is 33.3 Å². The number of hydrogen-bond donors (Lipinski definition) is 0. The first-order chi connectivity index (χ1) is 9.84. The van der Waals surface area contributed by atoms with Crippen LogP contribution >= 0.6 is 0 Å². The summed E-state index contributed by atoms with van der Waals surface area (Å²) in [5.74, 6) is -2.29. The zero-order valence-electron chi connectivity index (χ0n) is 12.2. The second kappa shape index (κ2) is 5.87. The second-order valence-electron chi connectivity index (χ2n) is 5.08. The van der Waals surface area contributed by atoms with Crippen molar-refractivity contribution in [2.45, 2.75) is 38.8 Å². The van der Waals surface area contributed by atoms with E-state index in [4.69, 9.17) is 23.7 Å². The molecule has 0 bridgehead atoms. The highest BCUT2D eigenvalue weighted by atomic mass is 16.8. The van der Waals surface area contributed by atoms with Crippen molar-refractivity contribution in [1.82, 2.24) is 0 Å². The van der Waals surface area contributed by atoms with E-state index in [1.165, 1.54) is 13.0 Å². The molecule has 0 aromatic heterocycles. The van der Waals surface area contributed by atoms with Crippen molar-refractivity contribution in [3.63, 3.8) is 0 Å². The minimum absolute atomic E-state index is 0.126. The van der Waals surface area contributed by atoms with E-state index in [1.807, 2.05) is 0 Å². The lowest BCUT2D eigenvalue weighted by molar-refractivity contribution is -0.164. The Morgan fingerprint density at radius 3 is 2.76 bits per heavy atom. The summed E-state index contributed by atoms with van der Waals surface area (Å²) in [5.41, 5.74) is 0. The third-order valence-electron chi connectivity index (χ3n) is 2.87. The molecule has 0 aromatic carbocycles. The Balaban J connectivity index is 2.24. The van der Waals surface area contributed by atoms with E-state index in [9.17, 15) is 9.59 Å². The Morgan fingerprint density at radius 1 is 1.52 bits per heavy atom. The molecule has 0 aromatic rings. The van der Waals surface area contributed by atoms with Gasteiger partial charge in [0.15, 0.2) is 17.7 Å². The van der Waals surface area contributed by atoms with Crippen LogP contribution in [0.5, 0.6) is 0 Å². The van der Waals surface area contributed by atoms with Crippen LogP contribution in [0.3, 0.4) is 0 Å². The fraction of sp³-hybridized carbons (Fsp3) is 0.571. The zero-order chi connectivity index (χ0) is 15.6. The first kappa shape index (κ1) is 15.5. The van der Waals surface area contributed by atoms with Crippen LogP contribution in [-0.4, -0.2) is 43.1 Å². The van der Waals surface area contributed by atoms with Crippen molar-refractivity contribution in [2.75, 3.05) is 13.2 Å². The molecule has 0 radical (unpaired) electrons. The van der Waals surface area contributed by atoms with Crippen molar-refractivity contribution >= 4 is 11.9 Å². The van der Waals surface area contributed by atoms with Gasteiger partial charge in [0.05, 0.1) is 6.61 Å². The molecule has 116 valence electrons. The summed E-state index contributed by atoms with van der Waals surface area (Å²) >= 11 is 0. The van der Waals surface area contributed by atoms with Crippen LogP contribution in [-0.2, 0) is 33.3 Å². The number of ether oxygens (including phenoxy) is 5. The fourth-order valence-corrected chi connectivity index (χ4v) is 2.09. The van der Waals surface area contributed by atoms with Gasteiger partial charge in [0, 0.05) is 6.92 Å². The maximum Gasteiger partial charge on any atom is 0.378 e. The average molecular weight is 298 g/mol. The molecule has 2 atom stereocenters. The highest BCUT2D eigenvalue weighted by Crippen LogP contribution is 2.34. The Bertz CT molecular complexity index is 492. The number of hydrogen-bond acceptors (Lipinski definition) is 7. The molecular weight excluding hydrogens is 280 g/mol. The molecule has 0 unspecified atom stereocenters. The van der Waals surface area contributed by atoms with Gasteiger partial charge in [-0.25, -0.2) is 4.79 Å². The van der Waals surface area contributed by atoms with Crippen LogP contribution in [0.1, 0.15) is 20.8 Å². The number of carbonyl (C=O) groups excluding carboxylic acids is 2. The lowest BCUT2D eigenvalue weighted by Crippen LogP contribution is -2.33. The van der Waals surface area contributed by atoms with E-state index in [-0.39, 0.29) is 24.7 Å². The van der Waals surface area contributed by atoms with Gasteiger partial charge < -0.3 is 23.7 Å². The molecule has 7 heteroatoms. The van der Waals surface area contributed by atoms with Crippen LogP contribution in [0, 0.1) is 0 Å². The van der Waals surface area contributed by atoms with Crippen LogP contribution in [0.2, 0.25) is 0 Å². The van der Waals surface area contributed by atoms with Gasteiger partial charge in [-0.3, -0.25) is 4.79 Å². The second-order valence-corrected chi connectivity index (χ2v) is 5.08. The normalized spacial score (nSPS) is 27.5. The summed E-state index contributed by atoms with van der Waals surface area (Å²) in [6.07, 6.45) is 0.166. The molecule has 2 aliphatic rings. The van der Waals surface area contributed by atoms with E-state index >= 15 is 0 Å². The molecule has 0 aliphatic carbocycles. The predicted octanol–water partition coefficient (Wildman–Crippen LogP) is 1.04. The number of esters is 2. The smallest absolute Gasteiger partial charge is 0.378 e. The van der Waals surface area contributed by atoms with Gasteiger partial charge in [0.1, 0.15) is 12.7 Å². The Hall–Kier alpha value is -1.86. The SMILES string of the molecule is C=CCOC1=C(OC(C)=O)C(=O)O[C@@H]1[C@@H]1COC(C)(C)O1. The first-order valence-corrected chi connectivity index (χ1v) is 6.53. The van der Waals surface area contributed by atoms with Gasteiger partial charge in [-0.1, -0.05) is 12.7 Å². The van der Waals surface area contributed by atoms with Crippen molar-refractivity contribution in [3.8, 4) is 0 Å². The largest absolute Gasteiger partial charge is 0.486 e. The van der Waals surface area contributed by atoms with Crippen LogP contribution < -0.4 is 0 Å². The standard InChI is InChI=1S/C14H18O7/c1-5-6-17-11-10(9-7-18-14(3,4)21-9)20-13(16)12(11)19-8(2)15/h5,9-10H,1,6-7H2,2-4H3/t9-,10+/m0/s1.